The number of ketones is 1. The van der Waals surface area contributed by atoms with Gasteiger partial charge in [-0.2, -0.15) is 5.10 Å². The Morgan fingerprint density at radius 1 is 1.13 bits per heavy atom. The van der Waals surface area contributed by atoms with E-state index in [-0.39, 0.29) is 17.0 Å². The van der Waals surface area contributed by atoms with Crippen LogP contribution in [-0.4, -0.2) is 17.1 Å². The fourth-order valence-corrected chi connectivity index (χ4v) is 2.88. The van der Waals surface area contributed by atoms with Crippen molar-refractivity contribution in [2.24, 2.45) is 10.5 Å². The summed E-state index contributed by atoms with van der Waals surface area (Å²) < 4.78 is 0. The third-order valence-electron chi connectivity index (χ3n) is 4.03. The number of carbonyl (C=O) groups is 1. The van der Waals surface area contributed by atoms with Gasteiger partial charge < -0.3 is 5.11 Å². The largest absolute Gasteiger partial charge is 0.511 e. The molecule has 0 bridgehead atoms. The van der Waals surface area contributed by atoms with Crippen molar-refractivity contribution in [2.75, 3.05) is 5.43 Å². The van der Waals surface area contributed by atoms with Crippen molar-refractivity contribution in [3.05, 3.63) is 53.8 Å². The monoisotopic (exact) mass is 308 g/mol. The number of fused-ring (bicyclic) bond motifs is 1. The Labute approximate surface area is 135 Å². The van der Waals surface area contributed by atoms with Crippen LogP contribution in [0.5, 0.6) is 0 Å². The number of aliphatic hydroxyl groups excluding tert-OH is 1. The van der Waals surface area contributed by atoms with E-state index in [9.17, 15) is 9.90 Å². The van der Waals surface area contributed by atoms with Crippen LogP contribution >= 0.6 is 0 Å². The van der Waals surface area contributed by atoms with Gasteiger partial charge in [-0.1, -0.05) is 44.2 Å². The normalized spacial score (nSPS) is 17.9. The van der Waals surface area contributed by atoms with Crippen LogP contribution in [0.3, 0.4) is 0 Å². The van der Waals surface area contributed by atoms with Gasteiger partial charge in [0, 0.05) is 12.8 Å². The van der Waals surface area contributed by atoms with Gasteiger partial charge in [0.2, 0.25) is 0 Å². The molecular formula is C19H20N2O2. The van der Waals surface area contributed by atoms with Gasteiger partial charge in [-0.15, -0.1) is 0 Å². The van der Waals surface area contributed by atoms with Gasteiger partial charge in [0.1, 0.15) is 5.76 Å². The molecule has 2 aromatic rings. The molecular weight excluding hydrogens is 288 g/mol. The molecule has 0 spiro atoms. The summed E-state index contributed by atoms with van der Waals surface area (Å²) in [5, 5.41) is 16.4. The standard InChI is InChI=1S/C19H20N2O2/c1-19(2)10-17(22)16(18(23)11-19)12-20-21-15-8-7-13-5-3-4-6-14(13)9-15/h3-9,12,21-22H,10-11H2,1-2H3/b20-12-. The fourth-order valence-electron chi connectivity index (χ4n) is 2.88. The molecule has 0 unspecified atom stereocenters. The van der Waals surface area contributed by atoms with Gasteiger partial charge in [-0.25, -0.2) is 0 Å². The topological polar surface area (TPSA) is 61.7 Å². The Bertz CT molecular complexity index is 819. The third kappa shape index (κ3) is 3.42. The predicted octanol–water partition coefficient (Wildman–Crippen LogP) is 4.44. The van der Waals surface area contributed by atoms with Gasteiger partial charge in [0.05, 0.1) is 17.5 Å². The minimum Gasteiger partial charge on any atom is -0.511 e. The van der Waals surface area contributed by atoms with E-state index in [0.717, 1.165) is 16.5 Å². The lowest BCUT2D eigenvalue weighted by molar-refractivity contribution is -0.117. The van der Waals surface area contributed by atoms with Crippen molar-refractivity contribution in [1.29, 1.82) is 0 Å². The van der Waals surface area contributed by atoms with Crippen molar-refractivity contribution in [3.63, 3.8) is 0 Å². The molecule has 0 aromatic heterocycles. The summed E-state index contributed by atoms with van der Waals surface area (Å²) in [6.07, 6.45) is 2.34. The number of hydrogen-bond acceptors (Lipinski definition) is 4. The highest BCUT2D eigenvalue weighted by molar-refractivity contribution is 6.14. The first-order chi connectivity index (χ1) is 10.9. The average molecular weight is 308 g/mol. The molecule has 2 aromatic carbocycles. The number of allylic oxidation sites excluding steroid dienone is 2. The molecule has 4 nitrogen and oxygen atoms in total. The Morgan fingerprint density at radius 2 is 1.87 bits per heavy atom. The van der Waals surface area contributed by atoms with E-state index in [0.29, 0.717) is 18.4 Å². The maximum atomic E-state index is 12.1. The second kappa shape index (κ2) is 5.88. The van der Waals surface area contributed by atoms with Crippen LogP contribution in [0, 0.1) is 5.41 Å². The van der Waals surface area contributed by atoms with Crippen LogP contribution in [0.4, 0.5) is 5.69 Å². The maximum absolute atomic E-state index is 12.1. The molecule has 0 aliphatic heterocycles. The first-order valence-corrected chi connectivity index (χ1v) is 7.68. The number of nitrogens with zero attached hydrogens (tertiary/aromatic N) is 1. The van der Waals surface area contributed by atoms with E-state index in [1.165, 1.54) is 6.21 Å². The van der Waals surface area contributed by atoms with Crippen LogP contribution in [-0.2, 0) is 4.79 Å². The zero-order valence-corrected chi connectivity index (χ0v) is 13.3. The lowest BCUT2D eigenvalue weighted by Crippen LogP contribution is -2.26. The molecule has 0 radical (unpaired) electrons. The van der Waals surface area contributed by atoms with E-state index in [4.69, 9.17) is 0 Å². The fraction of sp³-hybridized carbons (Fsp3) is 0.263. The van der Waals surface area contributed by atoms with E-state index in [1.54, 1.807) is 0 Å². The number of hydrogen-bond donors (Lipinski definition) is 2. The summed E-state index contributed by atoms with van der Waals surface area (Å²) in [6, 6.07) is 14.0. The van der Waals surface area contributed by atoms with E-state index in [1.807, 2.05) is 56.3 Å². The number of anilines is 1. The number of carbonyl (C=O) groups excluding carboxylic acids is 1. The summed E-state index contributed by atoms with van der Waals surface area (Å²) in [4.78, 5) is 12.1. The molecule has 0 saturated heterocycles. The summed E-state index contributed by atoms with van der Waals surface area (Å²) in [6.45, 7) is 3.95. The number of rotatable bonds is 3. The van der Waals surface area contributed by atoms with E-state index >= 15 is 0 Å². The van der Waals surface area contributed by atoms with Gasteiger partial charge in [-0.05, 0) is 28.3 Å². The molecule has 0 saturated carbocycles. The second-order valence-corrected chi connectivity index (χ2v) is 6.73. The third-order valence-corrected chi connectivity index (χ3v) is 4.03. The Balaban J connectivity index is 1.76. The highest BCUT2D eigenvalue weighted by Gasteiger charge is 2.32. The minimum atomic E-state index is -0.190. The number of hydrazone groups is 1. The highest BCUT2D eigenvalue weighted by Crippen LogP contribution is 2.35. The molecule has 0 fully saturated rings. The summed E-state index contributed by atoms with van der Waals surface area (Å²) in [7, 11) is 0. The quantitative estimate of drug-likeness (QED) is 0.651. The summed E-state index contributed by atoms with van der Waals surface area (Å²) in [5.74, 6) is 0.0538. The van der Waals surface area contributed by atoms with Crippen LogP contribution in [0.15, 0.2) is 58.9 Å². The average Bonchev–Trinajstić information content (AvgIpc) is 2.49. The molecule has 1 aliphatic rings. The lowest BCUT2D eigenvalue weighted by Gasteiger charge is -2.28. The Morgan fingerprint density at radius 3 is 2.61 bits per heavy atom. The number of Topliss-reactive ketones (excluding diaryl/α,β-unsaturated/α-hetero) is 1. The molecule has 0 amide bonds. The van der Waals surface area contributed by atoms with Crippen molar-refractivity contribution < 1.29 is 9.90 Å². The van der Waals surface area contributed by atoms with Crippen molar-refractivity contribution in [3.8, 4) is 0 Å². The molecule has 1 aliphatic carbocycles. The molecule has 23 heavy (non-hydrogen) atoms. The minimum absolute atomic E-state index is 0.0668. The van der Waals surface area contributed by atoms with Crippen LogP contribution in [0.1, 0.15) is 26.7 Å². The Kier molecular flexibility index (Phi) is 3.90. The van der Waals surface area contributed by atoms with Crippen LogP contribution < -0.4 is 5.43 Å². The molecule has 118 valence electrons. The Hall–Kier alpha value is -2.62. The maximum Gasteiger partial charge on any atom is 0.168 e. The van der Waals surface area contributed by atoms with Gasteiger partial charge >= 0.3 is 0 Å². The van der Waals surface area contributed by atoms with Crippen LogP contribution in [0.25, 0.3) is 10.8 Å². The first kappa shape index (κ1) is 15.3. The molecule has 0 heterocycles. The van der Waals surface area contributed by atoms with Crippen LogP contribution in [0.2, 0.25) is 0 Å². The second-order valence-electron chi connectivity index (χ2n) is 6.73. The van der Waals surface area contributed by atoms with Crippen molar-refractivity contribution in [1.82, 2.24) is 0 Å². The SMILES string of the molecule is CC1(C)CC(=O)C(/C=N\Nc2ccc3ccccc3c2)=C(O)C1. The van der Waals surface area contributed by atoms with Gasteiger partial charge in [0.15, 0.2) is 5.78 Å². The van der Waals surface area contributed by atoms with Crippen molar-refractivity contribution >= 4 is 28.5 Å². The van der Waals surface area contributed by atoms with Gasteiger partial charge in [-0.3, -0.25) is 10.2 Å². The summed E-state index contributed by atoms with van der Waals surface area (Å²) >= 11 is 0. The lowest BCUT2D eigenvalue weighted by atomic mass is 9.77. The first-order valence-electron chi connectivity index (χ1n) is 7.68. The van der Waals surface area contributed by atoms with Gasteiger partial charge in [0.25, 0.3) is 0 Å². The zero-order chi connectivity index (χ0) is 16.4. The van der Waals surface area contributed by atoms with E-state index in [2.05, 4.69) is 10.5 Å². The smallest absolute Gasteiger partial charge is 0.168 e. The molecule has 2 N–H and O–H groups in total. The predicted molar refractivity (Wildman–Crippen MR) is 93.7 cm³/mol. The molecule has 3 rings (SSSR count). The molecule has 0 atom stereocenters. The molecule has 4 heteroatoms. The van der Waals surface area contributed by atoms with E-state index < -0.39 is 0 Å². The zero-order valence-electron chi connectivity index (χ0n) is 13.3. The van der Waals surface area contributed by atoms with Crippen molar-refractivity contribution in [2.45, 2.75) is 26.7 Å². The highest BCUT2D eigenvalue weighted by atomic mass is 16.3. The summed E-state index contributed by atoms with van der Waals surface area (Å²) in [5.41, 5.74) is 3.87. The number of aliphatic hydroxyl groups is 1. The number of nitrogens with one attached hydrogen (secondary N) is 1. The number of benzene rings is 2.